The van der Waals surface area contributed by atoms with E-state index in [4.69, 9.17) is 9.84 Å². The third-order valence-corrected chi connectivity index (χ3v) is 3.58. The molecule has 0 radical (unpaired) electrons. The predicted molar refractivity (Wildman–Crippen MR) is 60.4 cm³/mol. The molecule has 4 atom stereocenters. The van der Waals surface area contributed by atoms with Crippen molar-refractivity contribution in [2.24, 2.45) is 11.8 Å². The van der Waals surface area contributed by atoms with Crippen LogP contribution in [0.2, 0.25) is 0 Å². The Kier molecular flexibility index (Phi) is 3.66. The van der Waals surface area contributed by atoms with Crippen LogP contribution in [-0.4, -0.2) is 35.7 Å². The molecule has 2 saturated carbocycles. The first-order valence-electron chi connectivity index (χ1n) is 6.26. The average molecular weight is 241 g/mol. The summed E-state index contributed by atoms with van der Waals surface area (Å²) < 4.78 is 5.36. The van der Waals surface area contributed by atoms with E-state index in [9.17, 15) is 9.59 Å². The molecule has 1 amide bonds. The minimum Gasteiger partial charge on any atom is -0.481 e. The van der Waals surface area contributed by atoms with Crippen molar-refractivity contribution in [3.8, 4) is 0 Å². The lowest BCUT2D eigenvalue weighted by atomic mass is 10.1. The Morgan fingerprint density at radius 3 is 2.71 bits per heavy atom. The molecule has 0 spiro atoms. The number of nitrogens with one attached hydrogen (secondary N) is 1. The van der Waals surface area contributed by atoms with Gasteiger partial charge in [-0.2, -0.15) is 0 Å². The molecule has 0 aliphatic heterocycles. The molecule has 0 aromatic rings. The maximum atomic E-state index is 11.8. The number of rotatable bonds is 5. The van der Waals surface area contributed by atoms with Crippen LogP contribution >= 0.6 is 0 Å². The molecule has 2 N–H and O–H groups in total. The average Bonchev–Trinajstić information content (AvgIpc) is 2.88. The van der Waals surface area contributed by atoms with Gasteiger partial charge in [0.05, 0.1) is 17.9 Å². The molecule has 0 aromatic heterocycles. The predicted octanol–water partition coefficient (Wildman–Crippen LogP) is 0.781. The molecule has 0 heterocycles. The van der Waals surface area contributed by atoms with Crippen LogP contribution in [0, 0.1) is 11.8 Å². The molecule has 0 saturated heterocycles. The Morgan fingerprint density at radius 1 is 1.35 bits per heavy atom. The van der Waals surface area contributed by atoms with Gasteiger partial charge in [0.15, 0.2) is 0 Å². The Labute approximate surface area is 101 Å². The zero-order valence-electron chi connectivity index (χ0n) is 10.0. The van der Waals surface area contributed by atoms with E-state index in [0.29, 0.717) is 19.4 Å². The third kappa shape index (κ3) is 2.97. The second-order valence-corrected chi connectivity index (χ2v) is 4.89. The molecule has 0 bridgehead atoms. The van der Waals surface area contributed by atoms with E-state index in [2.05, 4.69) is 5.32 Å². The lowest BCUT2D eigenvalue weighted by Gasteiger charge is -2.12. The largest absolute Gasteiger partial charge is 0.481 e. The summed E-state index contributed by atoms with van der Waals surface area (Å²) in [4.78, 5) is 22.6. The SMILES string of the molecule is CCO[C@H]1C[C@@H]1C(=O)N[C@H]1CC[C@@H](C(=O)O)C1. The van der Waals surface area contributed by atoms with Crippen molar-refractivity contribution in [3.63, 3.8) is 0 Å². The lowest BCUT2D eigenvalue weighted by Crippen LogP contribution is -2.35. The smallest absolute Gasteiger partial charge is 0.306 e. The molecule has 0 aromatic carbocycles. The van der Waals surface area contributed by atoms with Gasteiger partial charge in [-0.3, -0.25) is 9.59 Å². The van der Waals surface area contributed by atoms with Gasteiger partial charge in [-0.1, -0.05) is 0 Å². The second kappa shape index (κ2) is 5.04. The molecule has 2 fully saturated rings. The highest BCUT2D eigenvalue weighted by molar-refractivity contribution is 5.82. The number of carbonyl (C=O) groups is 2. The summed E-state index contributed by atoms with van der Waals surface area (Å²) in [5.41, 5.74) is 0. The van der Waals surface area contributed by atoms with E-state index in [-0.39, 0.29) is 29.9 Å². The summed E-state index contributed by atoms with van der Waals surface area (Å²) in [7, 11) is 0. The second-order valence-electron chi connectivity index (χ2n) is 4.89. The molecular formula is C12H19NO4. The summed E-state index contributed by atoms with van der Waals surface area (Å²) in [6, 6.07) is 0.0338. The highest BCUT2D eigenvalue weighted by Gasteiger charge is 2.45. The van der Waals surface area contributed by atoms with E-state index in [1.54, 1.807) is 0 Å². The minimum absolute atomic E-state index is 0.0150. The van der Waals surface area contributed by atoms with Crippen molar-refractivity contribution < 1.29 is 19.4 Å². The highest BCUT2D eigenvalue weighted by atomic mass is 16.5. The topological polar surface area (TPSA) is 75.6 Å². The molecule has 17 heavy (non-hydrogen) atoms. The molecule has 5 heteroatoms. The Morgan fingerprint density at radius 2 is 2.12 bits per heavy atom. The van der Waals surface area contributed by atoms with Crippen LogP contribution in [0.4, 0.5) is 0 Å². The number of carbonyl (C=O) groups excluding carboxylic acids is 1. The van der Waals surface area contributed by atoms with Gasteiger partial charge in [0, 0.05) is 12.6 Å². The zero-order chi connectivity index (χ0) is 12.4. The van der Waals surface area contributed by atoms with Crippen molar-refractivity contribution in [2.45, 2.75) is 44.8 Å². The fourth-order valence-corrected chi connectivity index (χ4v) is 2.49. The molecule has 5 nitrogen and oxygen atoms in total. The molecule has 2 rings (SSSR count). The van der Waals surface area contributed by atoms with Gasteiger partial charge >= 0.3 is 5.97 Å². The van der Waals surface area contributed by atoms with Crippen LogP contribution in [0.1, 0.15) is 32.6 Å². The van der Waals surface area contributed by atoms with E-state index in [0.717, 1.165) is 12.8 Å². The van der Waals surface area contributed by atoms with E-state index in [1.807, 2.05) is 6.92 Å². The van der Waals surface area contributed by atoms with Crippen LogP contribution in [0.5, 0.6) is 0 Å². The van der Waals surface area contributed by atoms with Crippen LogP contribution in [0.3, 0.4) is 0 Å². The van der Waals surface area contributed by atoms with Crippen molar-refractivity contribution in [3.05, 3.63) is 0 Å². The van der Waals surface area contributed by atoms with Crippen LogP contribution in [0.25, 0.3) is 0 Å². The standard InChI is InChI=1S/C12H19NO4/c1-2-17-10-6-9(10)11(14)13-8-4-3-7(5-8)12(15)16/h7-10H,2-6H2,1H3,(H,13,14)(H,15,16)/t7-,8+,9+,10+/m1/s1. The van der Waals surface area contributed by atoms with Crippen molar-refractivity contribution >= 4 is 11.9 Å². The summed E-state index contributed by atoms with van der Waals surface area (Å²) in [6.07, 6.45) is 2.88. The summed E-state index contributed by atoms with van der Waals surface area (Å²) in [6.45, 7) is 2.56. The van der Waals surface area contributed by atoms with Crippen LogP contribution in [-0.2, 0) is 14.3 Å². The first-order chi connectivity index (χ1) is 8.11. The Balaban J connectivity index is 1.72. The van der Waals surface area contributed by atoms with Crippen molar-refractivity contribution in [2.75, 3.05) is 6.61 Å². The number of hydrogen-bond donors (Lipinski definition) is 2. The summed E-state index contributed by atoms with van der Waals surface area (Å²) in [5, 5.41) is 11.8. The van der Waals surface area contributed by atoms with Crippen LogP contribution in [0.15, 0.2) is 0 Å². The maximum absolute atomic E-state index is 11.8. The van der Waals surface area contributed by atoms with Crippen LogP contribution < -0.4 is 5.32 Å². The molecule has 0 unspecified atom stereocenters. The highest BCUT2D eigenvalue weighted by Crippen LogP contribution is 2.34. The van der Waals surface area contributed by atoms with Crippen molar-refractivity contribution in [1.82, 2.24) is 5.32 Å². The molecule has 2 aliphatic rings. The lowest BCUT2D eigenvalue weighted by molar-refractivity contribution is -0.141. The number of aliphatic carboxylic acids is 1. The Bertz CT molecular complexity index is 318. The van der Waals surface area contributed by atoms with Gasteiger partial charge < -0.3 is 15.2 Å². The van der Waals surface area contributed by atoms with E-state index in [1.165, 1.54) is 0 Å². The van der Waals surface area contributed by atoms with Gasteiger partial charge in [-0.25, -0.2) is 0 Å². The molecule has 2 aliphatic carbocycles. The summed E-state index contributed by atoms with van der Waals surface area (Å²) in [5.74, 6) is -1.03. The van der Waals surface area contributed by atoms with Gasteiger partial charge in [-0.15, -0.1) is 0 Å². The number of carboxylic acid groups (broad SMARTS) is 1. The van der Waals surface area contributed by atoms with Gasteiger partial charge in [0.25, 0.3) is 0 Å². The maximum Gasteiger partial charge on any atom is 0.306 e. The molecule has 96 valence electrons. The molecular weight excluding hydrogens is 222 g/mol. The number of carboxylic acids is 1. The minimum atomic E-state index is -0.750. The first kappa shape index (κ1) is 12.4. The third-order valence-electron chi connectivity index (χ3n) is 3.58. The van der Waals surface area contributed by atoms with Crippen molar-refractivity contribution in [1.29, 1.82) is 0 Å². The quantitative estimate of drug-likeness (QED) is 0.746. The summed E-state index contributed by atoms with van der Waals surface area (Å²) >= 11 is 0. The van der Waals surface area contributed by atoms with Gasteiger partial charge in [0.1, 0.15) is 0 Å². The fraction of sp³-hybridized carbons (Fsp3) is 0.833. The number of hydrogen-bond acceptors (Lipinski definition) is 3. The van der Waals surface area contributed by atoms with E-state index < -0.39 is 5.97 Å². The number of ether oxygens (including phenoxy) is 1. The van der Waals surface area contributed by atoms with Gasteiger partial charge in [0.2, 0.25) is 5.91 Å². The normalized spacial score (nSPS) is 35.6. The Hall–Kier alpha value is -1.10. The first-order valence-corrected chi connectivity index (χ1v) is 6.26. The monoisotopic (exact) mass is 241 g/mol. The fourth-order valence-electron chi connectivity index (χ4n) is 2.49. The van der Waals surface area contributed by atoms with E-state index >= 15 is 0 Å². The number of amides is 1. The zero-order valence-corrected chi connectivity index (χ0v) is 10.0. The van der Waals surface area contributed by atoms with Gasteiger partial charge in [-0.05, 0) is 32.6 Å².